The van der Waals surface area contributed by atoms with Crippen LogP contribution in [0.3, 0.4) is 0 Å². The van der Waals surface area contributed by atoms with Gasteiger partial charge in [-0.2, -0.15) is 26.3 Å². The number of amides is 1. The van der Waals surface area contributed by atoms with Gasteiger partial charge in [-0.25, -0.2) is 9.97 Å². The summed E-state index contributed by atoms with van der Waals surface area (Å²) in [5.74, 6) is -0.744. The fourth-order valence-electron chi connectivity index (χ4n) is 3.09. The molecule has 0 aliphatic carbocycles. The molecule has 1 aliphatic rings. The van der Waals surface area contributed by atoms with Crippen molar-refractivity contribution in [1.82, 2.24) is 15.3 Å². The first-order chi connectivity index (χ1) is 14.0. The van der Waals surface area contributed by atoms with Crippen LogP contribution in [0.2, 0.25) is 0 Å². The van der Waals surface area contributed by atoms with Crippen molar-refractivity contribution in [3.63, 3.8) is 0 Å². The van der Waals surface area contributed by atoms with E-state index in [1.165, 1.54) is 12.1 Å². The minimum Gasteiger partial charge on any atom is -0.352 e. The Labute approximate surface area is 168 Å². The minimum absolute atomic E-state index is 0.0197. The van der Waals surface area contributed by atoms with Crippen molar-refractivity contribution in [3.8, 4) is 0 Å². The predicted molar refractivity (Wildman–Crippen MR) is 95.5 cm³/mol. The van der Waals surface area contributed by atoms with Gasteiger partial charge in [0.2, 0.25) is 11.9 Å². The normalized spacial score (nSPS) is 14.8. The lowest BCUT2D eigenvalue weighted by Crippen LogP contribution is -2.27. The quantitative estimate of drug-likeness (QED) is 0.727. The van der Waals surface area contributed by atoms with Gasteiger partial charge >= 0.3 is 12.4 Å². The summed E-state index contributed by atoms with van der Waals surface area (Å²) in [6, 6.07) is 4.12. The zero-order valence-corrected chi connectivity index (χ0v) is 15.6. The van der Waals surface area contributed by atoms with E-state index in [1.807, 2.05) is 0 Å². The molecule has 2 aromatic rings. The van der Waals surface area contributed by atoms with E-state index in [0.717, 1.165) is 31.2 Å². The number of aromatic nitrogens is 2. The Bertz CT molecular complexity index is 889. The number of nitrogens with zero attached hydrogens (tertiary/aromatic N) is 3. The first-order valence-electron chi connectivity index (χ1n) is 9.15. The maximum atomic E-state index is 13.4. The number of nitrogens with one attached hydrogen (secondary N) is 1. The Morgan fingerprint density at radius 1 is 1.00 bits per heavy atom. The van der Waals surface area contributed by atoms with E-state index in [4.69, 9.17) is 0 Å². The summed E-state index contributed by atoms with van der Waals surface area (Å²) in [6.45, 7) is 1.03. The summed E-state index contributed by atoms with van der Waals surface area (Å²) in [5, 5.41) is 2.40. The van der Waals surface area contributed by atoms with Crippen LogP contribution >= 0.6 is 0 Å². The number of rotatable bonds is 5. The molecule has 0 unspecified atom stereocenters. The SMILES string of the molecule is O=C(Cc1cnc(N2CCCC2)nc1C(F)(F)F)NCc1ccc(C(F)(F)F)cc1. The molecule has 2 heterocycles. The van der Waals surface area contributed by atoms with Crippen LogP contribution in [0.25, 0.3) is 0 Å². The van der Waals surface area contributed by atoms with Gasteiger partial charge in [-0.3, -0.25) is 4.79 Å². The van der Waals surface area contributed by atoms with Gasteiger partial charge in [0.25, 0.3) is 0 Å². The molecule has 1 aromatic heterocycles. The highest BCUT2D eigenvalue weighted by Gasteiger charge is 2.37. The van der Waals surface area contributed by atoms with Crippen molar-refractivity contribution in [2.45, 2.75) is 38.2 Å². The molecule has 0 spiro atoms. The number of carbonyl (C=O) groups is 1. The monoisotopic (exact) mass is 432 g/mol. The Morgan fingerprint density at radius 2 is 1.63 bits per heavy atom. The number of alkyl halides is 6. The van der Waals surface area contributed by atoms with Crippen LogP contribution in [0.1, 0.15) is 35.2 Å². The third kappa shape index (κ3) is 5.39. The number of anilines is 1. The van der Waals surface area contributed by atoms with Crippen LogP contribution in [0, 0.1) is 0 Å². The lowest BCUT2D eigenvalue weighted by molar-refractivity contribution is -0.142. The molecule has 162 valence electrons. The molecule has 0 saturated carbocycles. The number of hydrogen-bond donors (Lipinski definition) is 1. The Hall–Kier alpha value is -2.85. The van der Waals surface area contributed by atoms with E-state index < -0.39 is 35.9 Å². The van der Waals surface area contributed by atoms with E-state index in [1.54, 1.807) is 4.90 Å². The first kappa shape index (κ1) is 21.8. The zero-order chi connectivity index (χ0) is 21.9. The van der Waals surface area contributed by atoms with E-state index in [-0.39, 0.29) is 18.1 Å². The van der Waals surface area contributed by atoms with Crippen molar-refractivity contribution in [1.29, 1.82) is 0 Å². The van der Waals surface area contributed by atoms with Crippen molar-refractivity contribution < 1.29 is 31.1 Å². The van der Waals surface area contributed by atoms with Gasteiger partial charge in [0.15, 0.2) is 5.69 Å². The topological polar surface area (TPSA) is 58.1 Å². The molecule has 0 atom stereocenters. The van der Waals surface area contributed by atoms with Gasteiger partial charge in [0, 0.05) is 31.4 Å². The highest BCUT2D eigenvalue weighted by atomic mass is 19.4. The smallest absolute Gasteiger partial charge is 0.352 e. The molecular weight excluding hydrogens is 414 g/mol. The standard InChI is InChI=1S/C19H18F6N4O/c20-18(21,22)14-5-3-12(4-6-14)10-26-15(30)9-13-11-27-17(29-7-1-2-8-29)28-16(13)19(23,24)25/h3-6,11H,1-2,7-10H2,(H,26,30). The molecule has 1 fully saturated rings. The van der Waals surface area contributed by atoms with Crippen molar-refractivity contribution in [2.75, 3.05) is 18.0 Å². The van der Waals surface area contributed by atoms with Crippen LogP contribution in [0.5, 0.6) is 0 Å². The fourth-order valence-corrected chi connectivity index (χ4v) is 3.09. The third-order valence-electron chi connectivity index (χ3n) is 4.63. The van der Waals surface area contributed by atoms with E-state index in [2.05, 4.69) is 15.3 Å². The maximum Gasteiger partial charge on any atom is 0.433 e. The van der Waals surface area contributed by atoms with E-state index in [0.29, 0.717) is 18.7 Å². The molecule has 11 heteroatoms. The van der Waals surface area contributed by atoms with Gasteiger partial charge < -0.3 is 10.2 Å². The van der Waals surface area contributed by atoms with Gasteiger partial charge in [-0.1, -0.05) is 12.1 Å². The second-order valence-electron chi connectivity index (χ2n) is 6.88. The second-order valence-corrected chi connectivity index (χ2v) is 6.88. The van der Waals surface area contributed by atoms with Crippen molar-refractivity contribution in [2.24, 2.45) is 0 Å². The summed E-state index contributed by atoms with van der Waals surface area (Å²) < 4.78 is 77.9. The number of benzene rings is 1. The second kappa shape index (κ2) is 8.49. The largest absolute Gasteiger partial charge is 0.433 e. The lowest BCUT2D eigenvalue weighted by Gasteiger charge is -2.18. The van der Waals surface area contributed by atoms with Crippen LogP contribution in [-0.4, -0.2) is 29.0 Å². The maximum absolute atomic E-state index is 13.4. The Kier molecular flexibility index (Phi) is 6.18. The van der Waals surface area contributed by atoms with Crippen molar-refractivity contribution >= 4 is 11.9 Å². The first-order valence-corrected chi connectivity index (χ1v) is 9.15. The summed E-state index contributed by atoms with van der Waals surface area (Å²) in [6.07, 6.45) is -7.13. The highest BCUT2D eigenvalue weighted by Crippen LogP contribution is 2.32. The van der Waals surface area contributed by atoms with Crippen LogP contribution in [0.15, 0.2) is 30.5 Å². The molecule has 3 rings (SSSR count). The van der Waals surface area contributed by atoms with Gasteiger partial charge in [-0.15, -0.1) is 0 Å². The average Bonchev–Trinajstić information content (AvgIpc) is 3.20. The number of halogens is 6. The zero-order valence-electron chi connectivity index (χ0n) is 15.6. The molecule has 1 saturated heterocycles. The summed E-state index contributed by atoms with van der Waals surface area (Å²) in [4.78, 5) is 21.4. The van der Waals surface area contributed by atoms with Crippen LogP contribution in [0.4, 0.5) is 32.3 Å². The fraction of sp³-hybridized carbons (Fsp3) is 0.421. The predicted octanol–water partition coefficient (Wildman–Crippen LogP) is 3.97. The molecule has 1 aliphatic heterocycles. The Morgan fingerprint density at radius 3 is 2.20 bits per heavy atom. The summed E-state index contributed by atoms with van der Waals surface area (Å²) >= 11 is 0. The molecule has 1 aromatic carbocycles. The van der Waals surface area contributed by atoms with Crippen LogP contribution < -0.4 is 10.2 Å². The summed E-state index contributed by atoms with van der Waals surface area (Å²) in [5.41, 5.74) is -1.98. The summed E-state index contributed by atoms with van der Waals surface area (Å²) in [7, 11) is 0. The van der Waals surface area contributed by atoms with E-state index in [9.17, 15) is 31.1 Å². The van der Waals surface area contributed by atoms with E-state index >= 15 is 0 Å². The molecule has 5 nitrogen and oxygen atoms in total. The molecule has 1 amide bonds. The van der Waals surface area contributed by atoms with Gasteiger partial charge in [0.1, 0.15) is 0 Å². The minimum atomic E-state index is -4.75. The van der Waals surface area contributed by atoms with Crippen LogP contribution in [-0.2, 0) is 30.1 Å². The Balaban J connectivity index is 1.67. The molecule has 1 N–H and O–H groups in total. The lowest BCUT2D eigenvalue weighted by atomic mass is 10.1. The van der Waals surface area contributed by atoms with Crippen molar-refractivity contribution in [3.05, 3.63) is 52.8 Å². The molecule has 0 bridgehead atoms. The van der Waals surface area contributed by atoms with Gasteiger partial charge in [-0.05, 0) is 30.5 Å². The molecular formula is C19H18F6N4O. The number of carbonyl (C=O) groups excluding carboxylic acids is 1. The highest BCUT2D eigenvalue weighted by molar-refractivity contribution is 5.78. The molecule has 0 radical (unpaired) electrons. The average molecular weight is 432 g/mol. The number of hydrogen-bond acceptors (Lipinski definition) is 4. The van der Waals surface area contributed by atoms with Gasteiger partial charge in [0.05, 0.1) is 12.0 Å². The molecule has 30 heavy (non-hydrogen) atoms. The third-order valence-corrected chi connectivity index (χ3v) is 4.63.